The lowest BCUT2D eigenvalue weighted by Crippen LogP contribution is -2.37. The number of hydrogen-bond donors (Lipinski definition) is 1. The molecule has 0 aliphatic heterocycles. The molecule has 0 saturated heterocycles. The number of benzene rings is 1. The summed E-state index contributed by atoms with van der Waals surface area (Å²) in [6.45, 7) is 2.57. The van der Waals surface area contributed by atoms with Crippen LogP contribution in [0.3, 0.4) is 0 Å². The Morgan fingerprint density at radius 2 is 2.00 bits per heavy atom. The summed E-state index contributed by atoms with van der Waals surface area (Å²) in [4.78, 5) is 0. The molecular weight excluding hydrogens is 266 g/mol. The molecule has 21 heavy (non-hydrogen) atoms. The fourth-order valence-electron chi connectivity index (χ4n) is 3.23. The van der Waals surface area contributed by atoms with Crippen molar-refractivity contribution in [3.05, 3.63) is 42.2 Å². The Hall–Kier alpha value is -1.72. The molecule has 5 nitrogen and oxygen atoms in total. The molecule has 0 spiro atoms. The van der Waals surface area contributed by atoms with E-state index < -0.39 is 11.7 Å². The Kier molecular flexibility index (Phi) is 4.03. The molecule has 0 radical (unpaired) electrons. The van der Waals surface area contributed by atoms with E-state index in [1.165, 1.54) is 0 Å². The average Bonchev–Trinajstić information content (AvgIpc) is 3.17. The van der Waals surface area contributed by atoms with Crippen LogP contribution < -0.4 is 0 Å². The number of aliphatic hydroxyl groups excluding tert-OH is 1. The van der Waals surface area contributed by atoms with Crippen molar-refractivity contribution in [2.45, 2.75) is 44.3 Å². The molecule has 0 bridgehead atoms. The molecule has 1 heterocycles. The van der Waals surface area contributed by atoms with Crippen molar-refractivity contribution in [1.82, 2.24) is 15.0 Å². The van der Waals surface area contributed by atoms with Gasteiger partial charge in [0.25, 0.3) is 0 Å². The van der Waals surface area contributed by atoms with Gasteiger partial charge in [0.1, 0.15) is 6.10 Å². The van der Waals surface area contributed by atoms with Gasteiger partial charge in [-0.3, -0.25) is 0 Å². The molecule has 112 valence electrons. The minimum absolute atomic E-state index is 0.497. The van der Waals surface area contributed by atoms with Crippen LogP contribution in [0.15, 0.2) is 36.5 Å². The third-order valence-electron chi connectivity index (χ3n) is 4.24. The third-order valence-corrected chi connectivity index (χ3v) is 4.24. The minimum atomic E-state index is -0.713. The van der Waals surface area contributed by atoms with Gasteiger partial charge < -0.3 is 9.84 Å². The fourth-order valence-corrected chi connectivity index (χ4v) is 3.23. The van der Waals surface area contributed by atoms with Crippen LogP contribution in [0, 0.1) is 0 Å². The molecule has 1 N–H and O–H groups in total. The van der Waals surface area contributed by atoms with Crippen molar-refractivity contribution in [2.24, 2.45) is 0 Å². The Bertz CT molecular complexity index is 576. The van der Waals surface area contributed by atoms with E-state index in [9.17, 15) is 5.11 Å². The van der Waals surface area contributed by atoms with Crippen molar-refractivity contribution in [2.75, 3.05) is 6.61 Å². The molecule has 5 heteroatoms. The number of nitrogens with zero attached hydrogens (tertiary/aromatic N) is 3. The summed E-state index contributed by atoms with van der Waals surface area (Å²) >= 11 is 0. The number of rotatable bonds is 5. The predicted octanol–water partition coefficient (Wildman–Crippen LogP) is 2.65. The molecule has 1 aliphatic carbocycles. The third kappa shape index (κ3) is 2.59. The van der Waals surface area contributed by atoms with Gasteiger partial charge >= 0.3 is 0 Å². The highest BCUT2D eigenvalue weighted by Gasteiger charge is 2.43. The zero-order valence-electron chi connectivity index (χ0n) is 12.3. The molecule has 1 unspecified atom stereocenters. The zero-order chi connectivity index (χ0) is 14.7. The summed E-state index contributed by atoms with van der Waals surface area (Å²) in [5.74, 6) is 0. The summed E-state index contributed by atoms with van der Waals surface area (Å²) in [6.07, 6.45) is 4.85. The van der Waals surface area contributed by atoms with E-state index >= 15 is 0 Å². The van der Waals surface area contributed by atoms with E-state index in [4.69, 9.17) is 4.74 Å². The normalized spacial score (nSPS) is 18.8. The molecule has 1 atom stereocenters. The number of hydrogen-bond acceptors (Lipinski definition) is 4. The van der Waals surface area contributed by atoms with Gasteiger partial charge in [-0.2, -0.15) is 0 Å². The lowest BCUT2D eigenvalue weighted by molar-refractivity contribution is -0.120. The van der Waals surface area contributed by atoms with Crippen LogP contribution in [-0.2, 0) is 4.74 Å². The van der Waals surface area contributed by atoms with Crippen molar-refractivity contribution >= 4 is 0 Å². The number of para-hydroxylation sites is 1. The first kappa shape index (κ1) is 14.2. The minimum Gasteiger partial charge on any atom is -0.384 e. The van der Waals surface area contributed by atoms with Crippen molar-refractivity contribution in [1.29, 1.82) is 0 Å². The first-order valence-electron chi connectivity index (χ1n) is 7.55. The first-order chi connectivity index (χ1) is 10.3. The van der Waals surface area contributed by atoms with Crippen LogP contribution in [0.25, 0.3) is 5.69 Å². The van der Waals surface area contributed by atoms with Crippen LogP contribution in [0.1, 0.15) is 44.4 Å². The van der Waals surface area contributed by atoms with Gasteiger partial charge in [-0.1, -0.05) is 36.3 Å². The maximum atomic E-state index is 10.9. The molecule has 1 aliphatic rings. The van der Waals surface area contributed by atoms with Gasteiger partial charge in [-0.05, 0) is 31.9 Å². The summed E-state index contributed by atoms with van der Waals surface area (Å²) < 4.78 is 7.65. The SMILES string of the molecule is CCOC1(C(O)c2cnnn2-c2ccccc2)CCCC1. The molecule has 3 rings (SSSR count). The fraction of sp³-hybridized carbons (Fsp3) is 0.500. The van der Waals surface area contributed by atoms with Crippen molar-refractivity contribution in [3.63, 3.8) is 0 Å². The van der Waals surface area contributed by atoms with Crippen LogP contribution >= 0.6 is 0 Å². The lowest BCUT2D eigenvalue weighted by atomic mass is 9.92. The average molecular weight is 287 g/mol. The van der Waals surface area contributed by atoms with Gasteiger partial charge in [0.2, 0.25) is 0 Å². The standard InChI is InChI=1S/C16H21N3O2/c1-2-21-16(10-6-7-11-16)15(20)14-12-17-18-19(14)13-8-4-3-5-9-13/h3-5,8-9,12,15,20H,2,6-7,10-11H2,1H3. The zero-order valence-corrected chi connectivity index (χ0v) is 12.3. The van der Waals surface area contributed by atoms with E-state index in [1.807, 2.05) is 37.3 Å². The highest BCUT2D eigenvalue weighted by Crippen LogP contribution is 2.43. The van der Waals surface area contributed by atoms with Crippen molar-refractivity contribution in [3.8, 4) is 5.69 Å². The maximum Gasteiger partial charge on any atom is 0.127 e. The molecule has 1 saturated carbocycles. The lowest BCUT2D eigenvalue weighted by Gasteiger charge is -2.33. The van der Waals surface area contributed by atoms with E-state index in [0.29, 0.717) is 12.3 Å². The highest BCUT2D eigenvalue weighted by atomic mass is 16.5. The van der Waals surface area contributed by atoms with Crippen LogP contribution in [0.5, 0.6) is 0 Å². The van der Waals surface area contributed by atoms with Gasteiger partial charge in [-0.25, -0.2) is 4.68 Å². The Balaban J connectivity index is 1.95. The summed E-state index contributed by atoms with van der Waals surface area (Å²) in [5, 5.41) is 19.0. The smallest absolute Gasteiger partial charge is 0.127 e. The van der Waals surface area contributed by atoms with Gasteiger partial charge in [-0.15, -0.1) is 5.10 Å². The Morgan fingerprint density at radius 3 is 2.67 bits per heavy atom. The largest absolute Gasteiger partial charge is 0.384 e. The maximum absolute atomic E-state index is 10.9. The second-order valence-corrected chi connectivity index (χ2v) is 5.51. The Labute approximate surface area is 124 Å². The van der Waals surface area contributed by atoms with Gasteiger partial charge in [0, 0.05) is 6.61 Å². The van der Waals surface area contributed by atoms with Gasteiger partial charge in [0.05, 0.1) is 23.2 Å². The van der Waals surface area contributed by atoms with Crippen LogP contribution in [0.4, 0.5) is 0 Å². The molecule has 0 amide bonds. The summed E-state index contributed by atoms with van der Waals surface area (Å²) in [5.41, 5.74) is 1.09. The second-order valence-electron chi connectivity index (χ2n) is 5.51. The van der Waals surface area contributed by atoms with E-state index in [-0.39, 0.29) is 0 Å². The number of aromatic nitrogens is 3. The summed E-state index contributed by atoms with van der Waals surface area (Å²) in [7, 11) is 0. The van der Waals surface area contributed by atoms with Crippen LogP contribution in [-0.4, -0.2) is 32.3 Å². The second kappa shape index (κ2) is 5.95. The van der Waals surface area contributed by atoms with E-state index in [2.05, 4.69) is 10.3 Å². The Morgan fingerprint density at radius 1 is 1.29 bits per heavy atom. The molecule has 1 aromatic heterocycles. The number of aliphatic hydroxyl groups is 1. The van der Waals surface area contributed by atoms with E-state index in [1.54, 1.807) is 10.9 Å². The quantitative estimate of drug-likeness (QED) is 0.918. The van der Waals surface area contributed by atoms with Crippen molar-refractivity contribution < 1.29 is 9.84 Å². The highest BCUT2D eigenvalue weighted by molar-refractivity contribution is 5.32. The predicted molar refractivity (Wildman–Crippen MR) is 79.1 cm³/mol. The van der Waals surface area contributed by atoms with E-state index in [0.717, 1.165) is 31.4 Å². The molecular formula is C16H21N3O2. The van der Waals surface area contributed by atoms with Gasteiger partial charge in [0.15, 0.2) is 0 Å². The van der Waals surface area contributed by atoms with Crippen LogP contribution in [0.2, 0.25) is 0 Å². The summed E-state index contributed by atoms with van der Waals surface area (Å²) in [6, 6.07) is 9.75. The molecule has 2 aromatic rings. The monoisotopic (exact) mass is 287 g/mol. The topological polar surface area (TPSA) is 60.2 Å². The molecule has 1 aromatic carbocycles. The first-order valence-corrected chi connectivity index (χ1v) is 7.55. The molecule has 1 fully saturated rings. The number of ether oxygens (including phenoxy) is 1.